The molecular formula is C20H29NO4S. The van der Waals surface area contributed by atoms with Crippen LogP contribution < -0.4 is 5.32 Å². The summed E-state index contributed by atoms with van der Waals surface area (Å²) in [5, 5.41) is 3.57. The van der Waals surface area contributed by atoms with Gasteiger partial charge in [-0.3, -0.25) is 4.79 Å². The fourth-order valence-corrected chi connectivity index (χ4v) is 5.24. The Hall–Kier alpha value is -1.40. The summed E-state index contributed by atoms with van der Waals surface area (Å²) in [6.07, 6.45) is 5.24. The van der Waals surface area contributed by atoms with Gasteiger partial charge < -0.3 is 14.8 Å². The number of thiophene rings is 1. The quantitative estimate of drug-likeness (QED) is 0.779. The number of carbonyl (C=O) groups excluding carboxylic acids is 2. The van der Waals surface area contributed by atoms with E-state index in [9.17, 15) is 9.59 Å². The summed E-state index contributed by atoms with van der Waals surface area (Å²) in [4.78, 5) is 26.1. The zero-order valence-corrected chi connectivity index (χ0v) is 17.0. The first-order valence-electron chi connectivity index (χ1n) is 9.52. The molecule has 0 spiro atoms. The molecule has 6 heteroatoms. The molecule has 26 heavy (non-hydrogen) atoms. The Morgan fingerprint density at radius 3 is 2.73 bits per heavy atom. The van der Waals surface area contributed by atoms with Crippen molar-refractivity contribution in [2.75, 3.05) is 19.0 Å². The molecule has 3 rings (SSSR count). The lowest BCUT2D eigenvalue weighted by Gasteiger charge is -2.36. The molecule has 1 aliphatic carbocycles. The number of ether oxygens (including phenoxy) is 2. The number of nitrogens with one attached hydrogen (secondary N) is 1. The highest BCUT2D eigenvalue weighted by Crippen LogP contribution is 2.45. The van der Waals surface area contributed by atoms with E-state index in [1.807, 2.05) is 0 Å². The smallest absolute Gasteiger partial charge is 0.341 e. The molecule has 1 amide bonds. The monoisotopic (exact) mass is 379 g/mol. The predicted octanol–water partition coefficient (Wildman–Crippen LogP) is 4.19. The van der Waals surface area contributed by atoms with E-state index in [2.05, 4.69) is 26.1 Å². The van der Waals surface area contributed by atoms with Crippen LogP contribution >= 0.6 is 11.3 Å². The van der Waals surface area contributed by atoms with Gasteiger partial charge in [0.1, 0.15) is 11.1 Å². The number of rotatable bonds is 5. The Balaban J connectivity index is 1.88. The second-order valence-corrected chi connectivity index (χ2v) is 9.08. The van der Waals surface area contributed by atoms with Crippen LogP contribution in [-0.2, 0) is 27.1 Å². The molecule has 0 bridgehead atoms. The Morgan fingerprint density at radius 1 is 1.35 bits per heavy atom. The number of carbonyl (C=O) groups is 2. The van der Waals surface area contributed by atoms with Crippen molar-refractivity contribution in [3.63, 3.8) is 0 Å². The van der Waals surface area contributed by atoms with Crippen LogP contribution in [0.1, 0.15) is 67.3 Å². The van der Waals surface area contributed by atoms with Crippen molar-refractivity contribution in [3.8, 4) is 0 Å². The van der Waals surface area contributed by atoms with E-state index in [4.69, 9.17) is 9.47 Å². The number of esters is 1. The van der Waals surface area contributed by atoms with Crippen LogP contribution in [0.25, 0.3) is 0 Å². The first-order chi connectivity index (χ1) is 12.4. The lowest BCUT2D eigenvalue weighted by atomic mass is 9.69. The lowest BCUT2D eigenvalue weighted by molar-refractivity contribution is -0.124. The molecule has 1 N–H and O–H groups in total. The number of anilines is 1. The normalized spacial score (nSPS) is 22.8. The van der Waals surface area contributed by atoms with Crippen molar-refractivity contribution < 1.29 is 19.1 Å². The van der Waals surface area contributed by atoms with Crippen molar-refractivity contribution >= 4 is 28.2 Å². The Morgan fingerprint density at radius 2 is 2.12 bits per heavy atom. The number of hydrogen-bond donors (Lipinski definition) is 1. The van der Waals surface area contributed by atoms with Gasteiger partial charge in [0.2, 0.25) is 0 Å². The minimum atomic E-state index is -0.411. The Kier molecular flexibility index (Phi) is 5.72. The van der Waals surface area contributed by atoms with Gasteiger partial charge in [-0.2, -0.15) is 0 Å². The molecule has 5 nitrogen and oxygen atoms in total. The van der Waals surface area contributed by atoms with E-state index in [1.54, 1.807) is 0 Å². The summed E-state index contributed by atoms with van der Waals surface area (Å²) in [7, 11) is 1.39. The average molecular weight is 380 g/mol. The van der Waals surface area contributed by atoms with Gasteiger partial charge >= 0.3 is 5.97 Å². The van der Waals surface area contributed by atoms with E-state index < -0.39 is 6.10 Å². The predicted molar refractivity (Wildman–Crippen MR) is 103 cm³/mol. The maximum absolute atomic E-state index is 12.5. The summed E-state index contributed by atoms with van der Waals surface area (Å²) >= 11 is 1.53. The van der Waals surface area contributed by atoms with Crippen LogP contribution in [0.15, 0.2) is 0 Å². The zero-order chi connectivity index (χ0) is 18.9. The summed E-state index contributed by atoms with van der Waals surface area (Å²) in [6, 6.07) is 0. The maximum Gasteiger partial charge on any atom is 0.341 e. The summed E-state index contributed by atoms with van der Waals surface area (Å²) < 4.78 is 10.5. The van der Waals surface area contributed by atoms with Crippen LogP contribution in [0.5, 0.6) is 0 Å². The third kappa shape index (κ3) is 3.67. The highest BCUT2D eigenvalue weighted by Gasteiger charge is 2.36. The fourth-order valence-electron chi connectivity index (χ4n) is 3.92. The van der Waals surface area contributed by atoms with Gasteiger partial charge in [0.05, 0.1) is 12.7 Å². The third-order valence-corrected chi connectivity index (χ3v) is 7.30. The van der Waals surface area contributed by atoms with Crippen LogP contribution in [0.3, 0.4) is 0 Å². The van der Waals surface area contributed by atoms with E-state index in [0.29, 0.717) is 23.1 Å². The van der Waals surface area contributed by atoms with Crippen molar-refractivity contribution in [2.24, 2.45) is 11.3 Å². The standard InChI is InChI=1S/C20H29NO4S/c1-5-20(2,3)12-8-9-13-15(11-12)26-18(16(13)19(23)24-4)21-17(22)14-7-6-10-25-14/h12,14H,5-11H2,1-4H3,(H,21,22)/t12-,14-/m0/s1. The number of methoxy groups -OCH3 is 1. The van der Waals surface area contributed by atoms with E-state index in [-0.39, 0.29) is 17.3 Å². The maximum atomic E-state index is 12.5. The SMILES string of the molecule is CCC(C)(C)[C@H]1CCc2c(sc(NC(=O)[C@@H]3CCCO3)c2C(=O)OC)C1. The second kappa shape index (κ2) is 7.69. The van der Waals surface area contributed by atoms with Crippen LogP contribution in [0.4, 0.5) is 5.00 Å². The van der Waals surface area contributed by atoms with Gasteiger partial charge in [-0.1, -0.05) is 27.2 Å². The van der Waals surface area contributed by atoms with Crippen LogP contribution in [0.2, 0.25) is 0 Å². The van der Waals surface area contributed by atoms with Crippen LogP contribution in [-0.4, -0.2) is 31.7 Å². The van der Waals surface area contributed by atoms with E-state index in [1.165, 1.54) is 23.3 Å². The molecule has 0 saturated carbocycles. The molecule has 1 saturated heterocycles. The average Bonchev–Trinajstić information content (AvgIpc) is 3.28. The molecule has 2 aliphatic rings. The Labute approximate surface area is 159 Å². The molecule has 2 atom stereocenters. The first kappa shape index (κ1) is 19.4. The number of hydrogen-bond acceptors (Lipinski definition) is 5. The van der Waals surface area contributed by atoms with Crippen LogP contribution in [0, 0.1) is 11.3 Å². The highest BCUT2D eigenvalue weighted by atomic mass is 32.1. The molecule has 0 unspecified atom stereocenters. The summed E-state index contributed by atoms with van der Waals surface area (Å²) in [5.41, 5.74) is 1.88. The van der Waals surface area contributed by atoms with Crippen molar-refractivity contribution in [1.29, 1.82) is 0 Å². The first-order valence-corrected chi connectivity index (χ1v) is 10.3. The fraction of sp³-hybridized carbons (Fsp3) is 0.700. The molecule has 2 heterocycles. The van der Waals surface area contributed by atoms with Gasteiger partial charge in [-0.25, -0.2) is 4.79 Å². The second-order valence-electron chi connectivity index (χ2n) is 7.97. The van der Waals surface area contributed by atoms with Crippen molar-refractivity contribution in [3.05, 3.63) is 16.0 Å². The molecule has 144 valence electrons. The van der Waals surface area contributed by atoms with Crippen molar-refractivity contribution in [1.82, 2.24) is 0 Å². The van der Waals surface area contributed by atoms with Gasteiger partial charge in [0.25, 0.3) is 5.91 Å². The molecule has 1 aliphatic heterocycles. The number of amides is 1. The van der Waals surface area contributed by atoms with E-state index >= 15 is 0 Å². The Bertz CT molecular complexity index is 688. The molecule has 1 aromatic rings. The molecule has 0 radical (unpaired) electrons. The molecule has 0 aromatic carbocycles. The van der Waals surface area contributed by atoms with Crippen molar-refractivity contribution in [2.45, 2.75) is 65.4 Å². The lowest BCUT2D eigenvalue weighted by Crippen LogP contribution is -2.29. The minimum Gasteiger partial charge on any atom is -0.465 e. The molecular weight excluding hydrogens is 350 g/mol. The summed E-state index contributed by atoms with van der Waals surface area (Å²) in [5.74, 6) is 0.0703. The topological polar surface area (TPSA) is 64.6 Å². The third-order valence-electron chi connectivity index (χ3n) is 6.13. The molecule has 1 fully saturated rings. The van der Waals surface area contributed by atoms with Gasteiger partial charge in [0, 0.05) is 11.5 Å². The van der Waals surface area contributed by atoms with E-state index in [0.717, 1.165) is 44.1 Å². The largest absolute Gasteiger partial charge is 0.465 e. The molecule has 1 aromatic heterocycles. The minimum absolute atomic E-state index is 0.156. The van der Waals surface area contributed by atoms with Gasteiger partial charge in [-0.05, 0) is 49.0 Å². The zero-order valence-electron chi connectivity index (χ0n) is 16.1. The highest BCUT2D eigenvalue weighted by molar-refractivity contribution is 7.17. The summed E-state index contributed by atoms with van der Waals surface area (Å²) in [6.45, 7) is 7.49. The number of fused-ring (bicyclic) bond motifs is 1. The van der Waals surface area contributed by atoms with Gasteiger partial charge in [0.15, 0.2) is 0 Å². The van der Waals surface area contributed by atoms with Gasteiger partial charge in [-0.15, -0.1) is 11.3 Å².